The fourth-order valence-corrected chi connectivity index (χ4v) is 2.25. The van der Waals surface area contributed by atoms with Crippen LogP contribution in [0.5, 0.6) is 0 Å². The van der Waals surface area contributed by atoms with Crippen molar-refractivity contribution in [3.8, 4) is 0 Å². The molecule has 3 N–H and O–H groups in total. The molecule has 18 heavy (non-hydrogen) atoms. The minimum absolute atomic E-state index is 0.695. The van der Waals surface area contributed by atoms with Crippen LogP contribution in [0.25, 0.3) is 0 Å². The molecule has 0 saturated carbocycles. The van der Waals surface area contributed by atoms with Gasteiger partial charge in [-0.2, -0.15) is 0 Å². The van der Waals surface area contributed by atoms with Crippen molar-refractivity contribution in [2.45, 2.75) is 77.7 Å². The molecule has 110 valence electrons. The van der Waals surface area contributed by atoms with Gasteiger partial charge in [0.1, 0.15) is 0 Å². The summed E-state index contributed by atoms with van der Waals surface area (Å²) in [6.45, 7) is 4.26. The van der Waals surface area contributed by atoms with Gasteiger partial charge in [0.15, 0.2) is 0 Å². The van der Waals surface area contributed by atoms with Crippen molar-refractivity contribution in [1.82, 2.24) is 5.48 Å². The number of hydroxylamine groups is 1. The van der Waals surface area contributed by atoms with Crippen LogP contribution < -0.4 is 5.48 Å². The molecule has 0 aromatic rings. The van der Waals surface area contributed by atoms with E-state index in [9.17, 15) is 0 Å². The number of nitrogens with one attached hydrogen (secondary N) is 1. The maximum Gasteiger partial charge on any atom is 0.509 e. The summed E-state index contributed by atoms with van der Waals surface area (Å²) in [5.41, 5.74) is 2.61. The van der Waals surface area contributed by atoms with E-state index in [-0.39, 0.29) is 0 Å². The van der Waals surface area contributed by atoms with Crippen molar-refractivity contribution in [2.75, 3.05) is 6.54 Å². The Morgan fingerprint density at radius 3 is 1.72 bits per heavy atom. The van der Waals surface area contributed by atoms with E-state index in [4.69, 9.17) is 14.1 Å². The fraction of sp³-hybridized carbons (Fsp3) is 1.00. The molecular formula is C13H31NO3Si. The maximum absolute atomic E-state index is 8.99. The van der Waals surface area contributed by atoms with Crippen LogP contribution in [-0.4, -0.2) is 24.9 Å². The Bertz CT molecular complexity index is 174. The monoisotopic (exact) mass is 277 g/mol. The summed E-state index contributed by atoms with van der Waals surface area (Å²) in [4.78, 5) is 18.0. The maximum atomic E-state index is 8.99. The summed E-state index contributed by atoms with van der Waals surface area (Å²) in [7, 11) is -3.37. The molecule has 0 saturated heterocycles. The van der Waals surface area contributed by atoms with Gasteiger partial charge in [-0.05, 0) is 6.42 Å². The van der Waals surface area contributed by atoms with Gasteiger partial charge >= 0.3 is 8.80 Å². The van der Waals surface area contributed by atoms with E-state index in [0.717, 1.165) is 6.42 Å². The lowest BCUT2D eigenvalue weighted by Crippen LogP contribution is -2.40. The minimum atomic E-state index is -3.37. The van der Waals surface area contributed by atoms with Gasteiger partial charge in [-0.15, -0.1) is 0 Å². The zero-order valence-electron chi connectivity index (χ0n) is 12.1. The van der Waals surface area contributed by atoms with Crippen molar-refractivity contribution in [1.29, 1.82) is 0 Å². The van der Waals surface area contributed by atoms with Crippen LogP contribution in [0.3, 0.4) is 0 Å². The molecule has 0 unspecified atom stereocenters. The Morgan fingerprint density at radius 1 is 0.833 bits per heavy atom. The first kappa shape index (κ1) is 18.1. The van der Waals surface area contributed by atoms with E-state index in [2.05, 4.69) is 12.4 Å². The molecule has 0 aliphatic heterocycles. The van der Waals surface area contributed by atoms with Gasteiger partial charge < -0.3 is 9.59 Å². The first-order chi connectivity index (χ1) is 8.56. The van der Waals surface area contributed by atoms with Gasteiger partial charge in [0.25, 0.3) is 0 Å². The lowest BCUT2D eigenvalue weighted by atomic mass is 10.1. The summed E-state index contributed by atoms with van der Waals surface area (Å²) < 4.78 is 4.71. The van der Waals surface area contributed by atoms with Crippen LogP contribution in [0.4, 0.5) is 0 Å². The third-order valence-electron chi connectivity index (χ3n) is 2.90. The van der Waals surface area contributed by atoms with Crippen LogP contribution >= 0.6 is 0 Å². The average Bonchev–Trinajstić information content (AvgIpc) is 2.29. The molecule has 0 amide bonds. The summed E-state index contributed by atoms with van der Waals surface area (Å²) in [5.74, 6) is 0. The lowest BCUT2D eigenvalue weighted by Gasteiger charge is -2.12. The van der Waals surface area contributed by atoms with Crippen molar-refractivity contribution in [2.24, 2.45) is 0 Å². The van der Waals surface area contributed by atoms with E-state index in [1.54, 1.807) is 0 Å². The predicted molar refractivity (Wildman–Crippen MR) is 77.0 cm³/mol. The Hall–Kier alpha value is 0.0569. The van der Waals surface area contributed by atoms with Gasteiger partial charge in [-0.25, -0.2) is 5.48 Å². The van der Waals surface area contributed by atoms with E-state index in [0.29, 0.717) is 6.54 Å². The molecule has 0 atom stereocenters. The Kier molecular flexibility index (Phi) is 12.1. The first-order valence-electron chi connectivity index (χ1n) is 7.42. The van der Waals surface area contributed by atoms with Crippen molar-refractivity contribution in [3.05, 3.63) is 0 Å². The van der Waals surface area contributed by atoms with Gasteiger partial charge in [0, 0.05) is 13.1 Å². The van der Waals surface area contributed by atoms with Crippen molar-refractivity contribution >= 4 is 8.80 Å². The van der Waals surface area contributed by atoms with Crippen LogP contribution in [-0.2, 0) is 4.53 Å². The number of rotatable bonds is 13. The first-order valence-corrected chi connectivity index (χ1v) is 9.72. The SMILES string of the molecule is CCCCCCCCCCCCNO[Si](C)(O)O. The quantitative estimate of drug-likeness (QED) is 0.275. The average molecular weight is 277 g/mol. The molecule has 0 aromatic heterocycles. The fourth-order valence-electron chi connectivity index (χ4n) is 1.87. The Labute approximate surface area is 113 Å². The zero-order valence-corrected chi connectivity index (χ0v) is 13.1. The van der Waals surface area contributed by atoms with E-state index >= 15 is 0 Å². The second-order valence-corrected chi connectivity index (χ2v) is 7.18. The number of hydrogen-bond donors (Lipinski definition) is 3. The highest BCUT2D eigenvalue weighted by atomic mass is 28.4. The van der Waals surface area contributed by atoms with Gasteiger partial charge in [-0.1, -0.05) is 64.7 Å². The van der Waals surface area contributed by atoms with Crippen LogP contribution in [0.2, 0.25) is 6.55 Å². The van der Waals surface area contributed by atoms with E-state index in [1.807, 2.05) is 0 Å². The predicted octanol–water partition coefficient (Wildman–Crippen LogP) is 2.98. The van der Waals surface area contributed by atoms with Gasteiger partial charge in [0.2, 0.25) is 0 Å². The molecule has 0 aliphatic carbocycles. The highest BCUT2D eigenvalue weighted by Crippen LogP contribution is 2.10. The Balaban J connectivity index is 2.99. The highest BCUT2D eigenvalue weighted by Gasteiger charge is 2.23. The minimum Gasteiger partial charge on any atom is -0.389 e. The lowest BCUT2D eigenvalue weighted by molar-refractivity contribution is 0.0841. The zero-order chi connectivity index (χ0) is 13.7. The summed E-state index contributed by atoms with van der Waals surface area (Å²) in [5, 5.41) is 0. The molecule has 0 heterocycles. The largest absolute Gasteiger partial charge is 0.509 e. The highest BCUT2D eigenvalue weighted by molar-refractivity contribution is 6.55. The molecule has 0 bridgehead atoms. The second-order valence-electron chi connectivity index (χ2n) is 5.11. The summed E-state index contributed by atoms with van der Waals surface area (Å²) in [6.07, 6.45) is 13.0. The molecule has 0 fully saturated rings. The molecule has 4 nitrogen and oxygen atoms in total. The van der Waals surface area contributed by atoms with Gasteiger partial charge in [0.05, 0.1) is 0 Å². The van der Waals surface area contributed by atoms with Crippen molar-refractivity contribution in [3.63, 3.8) is 0 Å². The summed E-state index contributed by atoms with van der Waals surface area (Å²) in [6, 6.07) is 0. The van der Waals surface area contributed by atoms with Gasteiger partial charge in [-0.3, -0.25) is 4.53 Å². The third-order valence-corrected chi connectivity index (χ3v) is 3.43. The molecule has 0 radical (unpaired) electrons. The van der Waals surface area contributed by atoms with E-state index in [1.165, 1.54) is 64.3 Å². The second kappa shape index (κ2) is 12.1. The number of unbranched alkanes of at least 4 members (excludes halogenated alkanes) is 9. The van der Waals surface area contributed by atoms with Crippen molar-refractivity contribution < 1.29 is 14.1 Å². The van der Waals surface area contributed by atoms with Crippen LogP contribution in [0.15, 0.2) is 0 Å². The Morgan fingerprint density at radius 2 is 1.28 bits per heavy atom. The topological polar surface area (TPSA) is 61.7 Å². The summed E-state index contributed by atoms with van der Waals surface area (Å²) >= 11 is 0. The van der Waals surface area contributed by atoms with Crippen LogP contribution in [0.1, 0.15) is 71.1 Å². The number of hydrogen-bond acceptors (Lipinski definition) is 4. The molecular weight excluding hydrogens is 246 g/mol. The van der Waals surface area contributed by atoms with E-state index < -0.39 is 8.80 Å². The molecule has 0 aliphatic rings. The molecule has 5 heteroatoms. The molecule has 0 spiro atoms. The molecule has 0 rings (SSSR count). The van der Waals surface area contributed by atoms with Crippen LogP contribution in [0, 0.1) is 0 Å². The normalized spacial score (nSPS) is 12.0. The smallest absolute Gasteiger partial charge is 0.389 e. The molecule has 0 aromatic carbocycles. The standard InChI is InChI=1S/C13H31NO3Si/c1-3-4-5-6-7-8-9-10-11-12-13-14-17-18(2,15)16/h14-16H,3-13H2,1-2H3. The third kappa shape index (κ3) is 16.1.